The molecule has 1 aromatic carbocycles. The van der Waals surface area contributed by atoms with E-state index in [2.05, 4.69) is 20.9 Å². The predicted octanol–water partition coefficient (Wildman–Crippen LogP) is 3.05. The highest BCUT2D eigenvalue weighted by molar-refractivity contribution is 9.09. The largest absolute Gasteiger partial charge is 0.386 e. The number of aliphatic hydroxyl groups is 1. The molecule has 1 heterocycles. The number of pyridine rings is 1. The minimum atomic E-state index is -0.573. The first-order chi connectivity index (χ1) is 7.20. The van der Waals surface area contributed by atoms with Crippen molar-refractivity contribution in [2.45, 2.75) is 17.9 Å². The average molecular weight is 266 g/mol. The molecule has 0 aliphatic rings. The van der Waals surface area contributed by atoms with Crippen LogP contribution < -0.4 is 0 Å². The first kappa shape index (κ1) is 10.6. The van der Waals surface area contributed by atoms with Crippen molar-refractivity contribution in [2.75, 3.05) is 0 Å². The summed E-state index contributed by atoms with van der Waals surface area (Å²) >= 11 is 3.37. The number of rotatable bonds is 2. The van der Waals surface area contributed by atoms with Gasteiger partial charge in [-0.25, -0.2) is 0 Å². The fraction of sp³-hybridized carbons (Fsp3) is 0.250. The minimum absolute atomic E-state index is 0.00388. The van der Waals surface area contributed by atoms with Crippen molar-refractivity contribution in [2.24, 2.45) is 0 Å². The number of benzene rings is 1. The lowest BCUT2D eigenvalue weighted by atomic mass is 10.1. The summed E-state index contributed by atoms with van der Waals surface area (Å²) in [6, 6.07) is 9.89. The number of aromatic nitrogens is 1. The molecule has 2 unspecified atom stereocenters. The Morgan fingerprint density at radius 2 is 2.00 bits per heavy atom. The third-order valence-corrected chi connectivity index (χ3v) is 2.92. The van der Waals surface area contributed by atoms with Crippen LogP contribution in [0.2, 0.25) is 0 Å². The molecule has 2 rings (SSSR count). The summed E-state index contributed by atoms with van der Waals surface area (Å²) in [5.74, 6) is 0. The van der Waals surface area contributed by atoms with E-state index in [1.165, 1.54) is 0 Å². The maximum atomic E-state index is 9.99. The van der Waals surface area contributed by atoms with Gasteiger partial charge in [-0.15, -0.1) is 0 Å². The Bertz CT molecular complexity index is 465. The van der Waals surface area contributed by atoms with Crippen LogP contribution in [0.25, 0.3) is 10.8 Å². The summed E-state index contributed by atoms with van der Waals surface area (Å²) < 4.78 is 0. The van der Waals surface area contributed by atoms with Crippen LogP contribution in [0.4, 0.5) is 0 Å². The third-order valence-electron chi connectivity index (χ3n) is 2.42. The van der Waals surface area contributed by atoms with E-state index in [4.69, 9.17) is 0 Å². The zero-order chi connectivity index (χ0) is 10.8. The molecule has 1 N–H and O–H groups in total. The zero-order valence-corrected chi connectivity index (χ0v) is 9.98. The molecule has 0 saturated heterocycles. The Morgan fingerprint density at radius 1 is 1.27 bits per heavy atom. The van der Waals surface area contributed by atoms with E-state index in [1.807, 2.05) is 37.3 Å². The molecule has 3 heteroatoms. The van der Waals surface area contributed by atoms with Crippen molar-refractivity contribution in [1.82, 2.24) is 4.98 Å². The van der Waals surface area contributed by atoms with Crippen LogP contribution in [0.15, 0.2) is 36.5 Å². The van der Waals surface area contributed by atoms with E-state index in [0.717, 1.165) is 16.5 Å². The van der Waals surface area contributed by atoms with Crippen molar-refractivity contribution in [3.63, 3.8) is 0 Å². The molecule has 78 valence electrons. The number of alkyl halides is 1. The molecule has 15 heavy (non-hydrogen) atoms. The fourth-order valence-electron chi connectivity index (χ4n) is 1.60. The van der Waals surface area contributed by atoms with Crippen molar-refractivity contribution in [3.8, 4) is 0 Å². The summed E-state index contributed by atoms with van der Waals surface area (Å²) in [5.41, 5.74) is 0.734. The quantitative estimate of drug-likeness (QED) is 0.847. The van der Waals surface area contributed by atoms with Gasteiger partial charge in [-0.05, 0) is 18.4 Å². The number of nitrogens with zero attached hydrogens (tertiary/aromatic N) is 1. The Balaban J connectivity index is 2.60. The number of hydrogen-bond donors (Lipinski definition) is 1. The zero-order valence-electron chi connectivity index (χ0n) is 8.39. The molecule has 2 aromatic rings. The van der Waals surface area contributed by atoms with E-state index in [0.29, 0.717) is 0 Å². The average Bonchev–Trinajstić information content (AvgIpc) is 2.27. The van der Waals surface area contributed by atoms with E-state index in [-0.39, 0.29) is 4.83 Å². The Hall–Kier alpha value is -0.930. The lowest BCUT2D eigenvalue weighted by molar-refractivity contribution is 0.178. The molecule has 2 atom stereocenters. The van der Waals surface area contributed by atoms with Crippen LogP contribution in [-0.4, -0.2) is 14.9 Å². The second kappa shape index (κ2) is 4.29. The molecular formula is C12H12BrNO. The normalized spacial score (nSPS) is 15.1. The Morgan fingerprint density at radius 3 is 2.73 bits per heavy atom. The first-order valence-corrected chi connectivity index (χ1v) is 5.77. The van der Waals surface area contributed by atoms with Gasteiger partial charge in [0.15, 0.2) is 0 Å². The number of aliphatic hydroxyl groups excluding tert-OH is 1. The van der Waals surface area contributed by atoms with Crippen molar-refractivity contribution in [3.05, 3.63) is 42.2 Å². The molecule has 0 saturated carbocycles. The lowest BCUT2D eigenvalue weighted by Gasteiger charge is -2.14. The van der Waals surface area contributed by atoms with Crippen LogP contribution >= 0.6 is 15.9 Å². The van der Waals surface area contributed by atoms with Crippen molar-refractivity contribution in [1.29, 1.82) is 0 Å². The van der Waals surface area contributed by atoms with Crippen LogP contribution in [0.1, 0.15) is 18.7 Å². The first-order valence-electron chi connectivity index (χ1n) is 4.86. The van der Waals surface area contributed by atoms with Crippen molar-refractivity contribution < 1.29 is 5.11 Å². The fourth-order valence-corrected chi connectivity index (χ4v) is 1.85. The highest BCUT2D eigenvalue weighted by Gasteiger charge is 2.16. The molecule has 1 aromatic heterocycles. The highest BCUT2D eigenvalue weighted by Crippen LogP contribution is 2.26. The van der Waals surface area contributed by atoms with Gasteiger partial charge in [-0.1, -0.05) is 40.2 Å². The molecule has 0 radical (unpaired) electrons. The molecular weight excluding hydrogens is 254 g/mol. The maximum absolute atomic E-state index is 9.99. The van der Waals surface area contributed by atoms with E-state index in [9.17, 15) is 5.11 Å². The maximum Gasteiger partial charge on any atom is 0.109 e. The van der Waals surface area contributed by atoms with Crippen LogP contribution in [0.5, 0.6) is 0 Å². The Kier molecular flexibility index (Phi) is 3.03. The summed E-state index contributed by atoms with van der Waals surface area (Å²) in [6.07, 6.45) is 1.16. The summed E-state index contributed by atoms with van der Waals surface area (Å²) in [4.78, 5) is 4.24. The lowest BCUT2D eigenvalue weighted by Crippen LogP contribution is -2.10. The van der Waals surface area contributed by atoms with Gasteiger partial charge >= 0.3 is 0 Å². The molecule has 0 spiro atoms. The second-order valence-corrected chi connectivity index (χ2v) is 4.98. The summed E-state index contributed by atoms with van der Waals surface area (Å²) in [5, 5.41) is 12.1. The van der Waals surface area contributed by atoms with Gasteiger partial charge in [0.1, 0.15) is 6.10 Å². The van der Waals surface area contributed by atoms with Gasteiger partial charge in [0.05, 0.1) is 5.69 Å². The van der Waals surface area contributed by atoms with Crippen LogP contribution in [0, 0.1) is 0 Å². The molecule has 0 aliphatic carbocycles. The number of fused-ring (bicyclic) bond motifs is 1. The van der Waals surface area contributed by atoms with E-state index >= 15 is 0 Å². The van der Waals surface area contributed by atoms with Gasteiger partial charge < -0.3 is 5.11 Å². The standard InChI is InChI=1S/C12H12BrNO/c1-8(13)12(15)11-10-5-3-2-4-9(10)6-7-14-11/h2-8,12,15H,1H3. The van der Waals surface area contributed by atoms with E-state index in [1.54, 1.807) is 6.20 Å². The highest BCUT2D eigenvalue weighted by atomic mass is 79.9. The van der Waals surface area contributed by atoms with Gasteiger partial charge in [-0.2, -0.15) is 0 Å². The Labute approximate surface area is 97.1 Å². The predicted molar refractivity (Wildman–Crippen MR) is 65.1 cm³/mol. The number of hydrogen-bond acceptors (Lipinski definition) is 2. The van der Waals surface area contributed by atoms with Gasteiger partial charge in [0, 0.05) is 16.4 Å². The SMILES string of the molecule is CC(Br)C(O)c1nccc2ccccc12. The molecule has 2 nitrogen and oxygen atoms in total. The van der Waals surface area contributed by atoms with Crippen LogP contribution in [0.3, 0.4) is 0 Å². The second-order valence-electron chi connectivity index (χ2n) is 3.54. The molecule has 0 bridgehead atoms. The molecule has 0 aliphatic heterocycles. The smallest absolute Gasteiger partial charge is 0.109 e. The van der Waals surface area contributed by atoms with Gasteiger partial charge in [-0.3, -0.25) is 4.98 Å². The minimum Gasteiger partial charge on any atom is -0.386 e. The number of halogens is 1. The topological polar surface area (TPSA) is 33.1 Å². The van der Waals surface area contributed by atoms with Crippen LogP contribution in [-0.2, 0) is 0 Å². The summed E-state index contributed by atoms with van der Waals surface area (Å²) in [6.45, 7) is 1.91. The third kappa shape index (κ3) is 2.03. The van der Waals surface area contributed by atoms with E-state index < -0.39 is 6.10 Å². The molecule has 0 amide bonds. The van der Waals surface area contributed by atoms with Crippen molar-refractivity contribution >= 4 is 26.7 Å². The van der Waals surface area contributed by atoms with Gasteiger partial charge in [0.2, 0.25) is 0 Å². The summed E-state index contributed by atoms with van der Waals surface area (Å²) in [7, 11) is 0. The molecule has 0 fully saturated rings. The van der Waals surface area contributed by atoms with Gasteiger partial charge in [0.25, 0.3) is 0 Å². The monoisotopic (exact) mass is 265 g/mol.